The molecule has 0 aromatic heterocycles. The number of hydrogen-bond donors (Lipinski definition) is 1. The van der Waals surface area contributed by atoms with Gasteiger partial charge in [0.05, 0.1) is 0 Å². The van der Waals surface area contributed by atoms with Gasteiger partial charge in [0.25, 0.3) is 0 Å². The van der Waals surface area contributed by atoms with E-state index in [1.54, 1.807) is 25.1 Å². The summed E-state index contributed by atoms with van der Waals surface area (Å²) in [5.41, 5.74) is 1.31. The Bertz CT molecular complexity index is 292. The second-order valence-electron chi connectivity index (χ2n) is 2.56. The second kappa shape index (κ2) is 4.31. The first-order chi connectivity index (χ1) is 5.75. The van der Waals surface area contributed by atoms with Crippen molar-refractivity contribution in [2.24, 2.45) is 0 Å². The molecule has 0 heterocycles. The minimum atomic E-state index is -0.143. The first-order valence-corrected chi connectivity index (χ1v) is 4.41. The second-order valence-corrected chi connectivity index (χ2v) is 2.93. The molecule has 0 saturated heterocycles. The van der Waals surface area contributed by atoms with E-state index in [0.717, 1.165) is 0 Å². The molecule has 0 bridgehead atoms. The van der Waals surface area contributed by atoms with Crippen molar-refractivity contribution in [3.05, 3.63) is 41.2 Å². The van der Waals surface area contributed by atoms with Gasteiger partial charge < -0.3 is 0 Å². The third-order valence-electron chi connectivity index (χ3n) is 1.62. The van der Waals surface area contributed by atoms with Gasteiger partial charge in [-0.15, -0.1) is 0 Å². The van der Waals surface area contributed by atoms with E-state index in [2.05, 4.69) is 12.6 Å². The molecule has 0 N–H and O–H groups in total. The molecule has 0 radical (unpaired) electrons. The highest BCUT2D eigenvalue weighted by molar-refractivity contribution is 7.80. The number of thiol groups is 1. The van der Waals surface area contributed by atoms with Crippen LogP contribution >= 0.6 is 12.6 Å². The van der Waals surface area contributed by atoms with Crippen LogP contribution < -0.4 is 0 Å². The summed E-state index contributed by atoms with van der Waals surface area (Å²) in [6.45, 7) is 1.76. The smallest absolute Gasteiger partial charge is 0.133 e. The Morgan fingerprint density at radius 3 is 2.92 bits per heavy atom. The van der Waals surface area contributed by atoms with Crippen molar-refractivity contribution in [3.8, 4) is 0 Å². The van der Waals surface area contributed by atoms with Crippen LogP contribution in [0.2, 0.25) is 0 Å². The van der Waals surface area contributed by atoms with Gasteiger partial charge in [0, 0.05) is 11.3 Å². The maximum atomic E-state index is 13.2. The zero-order valence-corrected chi connectivity index (χ0v) is 7.81. The van der Waals surface area contributed by atoms with E-state index in [4.69, 9.17) is 0 Å². The lowest BCUT2D eigenvalue weighted by Crippen LogP contribution is -1.85. The highest BCUT2D eigenvalue weighted by atomic mass is 32.1. The Morgan fingerprint density at radius 1 is 1.50 bits per heavy atom. The molecule has 64 valence electrons. The molecule has 2 heteroatoms. The maximum absolute atomic E-state index is 13.2. The number of benzene rings is 1. The van der Waals surface area contributed by atoms with Gasteiger partial charge in [-0.25, -0.2) is 4.39 Å². The standard InChI is InChI=1S/C10H11FS/c1-8-4-2-5-9(10(8)11)6-3-7-12/h2-6,12H,7H2,1H3. The molecule has 1 aromatic carbocycles. The van der Waals surface area contributed by atoms with Crippen LogP contribution in [0, 0.1) is 12.7 Å². The Balaban J connectivity index is 3.00. The fraction of sp³-hybridized carbons (Fsp3) is 0.200. The first kappa shape index (κ1) is 9.33. The van der Waals surface area contributed by atoms with Crippen molar-refractivity contribution in [1.82, 2.24) is 0 Å². The number of aryl methyl sites for hydroxylation is 1. The summed E-state index contributed by atoms with van der Waals surface area (Å²) >= 11 is 4.00. The van der Waals surface area contributed by atoms with Crippen molar-refractivity contribution in [2.75, 3.05) is 5.75 Å². The lowest BCUT2D eigenvalue weighted by atomic mass is 10.1. The first-order valence-electron chi connectivity index (χ1n) is 3.78. The van der Waals surface area contributed by atoms with Gasteiger partial charge in [-0.05, 0) is 12.5 Å². The summed E-state index contributed by atoms with van der Waals surface area (Å²) in [6.07, 6.45) is 3.57. The molecule has 12 heavy (non-hydrogen) atoms. The summed E-state index contributed by atoms with van der Waals surface area (Å²) < 4.78 is 13.2. The average Bonchev–Trinajstić information content (AvgIpc) is 2.08. The highest BCUT2D eigenvalue weighted by Gasteiger charge is 1.99. The molecule has 0 fully saturated rings. The molecular formula is C10H11FS. The Labute approximate surface area is 77.5 Å². The zero-order valence-electron chi connectivity index (χ0n) is 6.92. The van der Waals surface area contributed by atoms with Gasteiger partial charge in [0.1, 0.15) is 5.82 Å². The molecule has 0 aliphatic carbocycles. The molecule has 0 aliphatic rings. The van der Waals surface area contributed by atoms with Gasteiger partial charge >= 0.3 is 0 Å². The summed E-state index contributed by atoms with van der Waals surface area (Å²) in [5, 5.41) is 0. The van der Waals surface area contributed by atoms with Crippen LogP contribution in [-0.2, 0) is 0 Å². The molecule has 0 nitrogen and oxygen atoms in total. The third-order valence-corrected chi connectivity index (χ3v) is 1.84. The molecule has 0 unspecified atom stereocenters. The topological polar surface area (TPSA) is 0 Å². The number of halogens is 1. The lowest BCUT2D eigenvalue weighted by Gasteiger charge is -1.98. The van der Waals surface area contributed by atoms with Gasteiger partial charge in [0.2, 0.25) is 0 Å². The van der Waals surface area contributed by atoms with Crippen LogP contribution in [0.1, 0.15) is 11.1 Å². The lowest BCUT2D eigenvalue weighted by molar-refractivity contribution is 0.616. The SMILES string of the molecule is Cc1cccc(C=CCS)c1F. The fourth-order valence-electron chi connectivity index (χ4n) is 0.979. The van der Waals surface area contributed by atoms with E-state index >= 15 is 0 Å². The van der Waals surface area contributed by atoms with E-state index in [0.29, 0.717) is 16.9 Å². The van der Waals surface area contributed by atoms with E-state index in [-0.39, 0.29) is 5.82 Å². The van der Waals surface area contributed by atoms with Gasteiger partial charge in [-0.1, -0.05) is 30.4 Å². The molecular weight excluding hydrogens is 171 g/mol. The monoisotopic (exact) mass is 182 g/mol. The normalized spacial score (nSPS) is 10.9. The number of hydrogen-bond acceptors (Lipinski definition) is 1. The Kier molecular flexibility index (Phi) is 3.35. The minimum absolute atomic E-state index is 0.143. The van der Waals surface area contributed by atoms with Crippen LogP contribution in [0.15, 0.2) is 24.3 Å². The molecule has 0 spiro atoms. The predicted octanol–water partition coefficient (Wildman–Crippen LogP) is 3.08. The third kappa shape index (κ3) is 2.11. The van der Waals surface area contributed by atoms with Crippen LogP contribution in [0.25, 0.3) is 6.08 Å². The molecule has 1 aromatic rings. The van der Waals surface area contributed by atoms with Gasteiger partial charge in [-0.2, -0.15) is 12.6 Å². The summed E-state index contributed by atoms with van der Waals surface area (Å²) in [5.74, 6) is 0.489. The Morgan fingerprint density at radius 2 is 2.25 bits per heavy atom. The Hall–Kier alpha value is -0.760. The van der Waals surface area contributed by atoms with Gasteiger partial charge in [-0.3, -0.25) is 0 Å². The van der Waals surface area contributed by atoms with Crippen molar-refractivity contribution in [3.63, 3.8) is 0 Å². The van der Waals surface area contributed by atoms with Crippen molar-refractivity contribution in [2.45, 2.75) is 6.92 Å². The molecule has 0 saturated carbocycles. The molecule has 0 aliphatic heterocycles. The molecule has 0 amide bonds. The van der Waals surface area contributed by atoms with Crippen LogP contribution in [0.4, 0.5) is 4.39 Å². The molecule has 0 atom stereocenters. The fourth-order valence-corrected chi connectivity index (χ4v) is 1.08. The van der Waals surface area contributed by atoms with Crippen LogP contribution in [0.3, 0.4) is 0 Å². The zero-order chi connectivity index (χ0) is 8.97. The van der Waals surface area contributed by atoms with Crippen molar-refractivity contribution < 1.29 is 4.39 Å². The van der Waals surface area contributed by atoms with E-state index < -0.39 is 0 Å². The van der Waals surface area contributed by atoms with Crippen LogP contribution in [-0.4, -0.2) is 5.75 Å². The summed E-state index contributed by atoms with van der Waals surface area (Å²) in [7, 11) is 0. The predicted molar refractivity (Wildman–Crippen MR) is 54.0 cm³/mol. The summed E-state index contributed by atoms with van der Waals surface area (Å²) in [4.78, 5) is 0. The minimum Gasteiger partial charge on any atom is -0.206 e. The van der Waals surface area contributed by atoms with Crippen LogP contribution in [0.5, 0.6) is 0 Å². The summed E-state index contributed by atoms with van der Waals surface area (Å²) in [6, 6.07) is 5.35. The van der Waals surface area contributed by atoms with E-state index in [1.165, 1.54) is 0 Å². The van der Waals surface area contributed by atoms with Crippen molar-refractivity contribution in [1.29, 1.82) is 0 Å². The molecule has 1 rings (SSSR count). The average molecular weight is 182 g/mol. The maximum Gasteiger partial charge on any atom is 0.133 e. The number of rotatable bonds is 2. The van der Waals surface area contributed by atoms with Crippen molar-refractivity contribution >= 4 is 18.7 Å². The van der Waals surface area contributed by atoms with Gasteiger partial charge in [0.15, 0.2) is 0 Å². The van der Waals surface area contributed by atoms with E-state index in [9.17, 15) is 4.39 Å². The van der Waals surface area contributed by atoms with E-state index in [1.807, 2.05) is 12.1 Å². The quantitative estimate of drug-likeness (QED) is 0.668. The highest BCUT2D eigenvalue weighted by Crippen LogP contribution is 2.13. The largest absolute Gasteiger partial charge is 0.206 e.